The minimum Gasteiger partial charge on any atom is -0.496 e. The number of rotatable bonds is 13. The van der Waals surface area contributed by atoms with Crippen LogP contribution in [0.15, 0.2) is 97.1 Å². The molecule has 2 bridgehead atoms. The monoisotopic (exact) mass is 843 g/mol. The van der Waals surface area contributed by atoms with Crippen LogP contribution in [0.3, 0.4) is 0 Å². The third kappa shape index (κ3) is 8.50. The number of carbonyl (C=O) groups is 2. The predicted molar refractivity (Wildman–Crippen MR) is 242 cm³/mol. The molecule has 0 radical (unpaired) electrons. The van der Waals surface area contributed by atoms with Gasteiger partial charge >= 0.3 is 0 Å². The summed E-state index contributed by atoms with van der Waals surface area (Å²) in [5, 5.41) is 26.5. The van der Waals surface area contributed by atoms with Gasteiger partial charge in [0, 0.05) is 74.6 Å². The highest BCUT2D eigenvalue weighted by Crippen LogP contribution is 2.61. The molecule has 11 nitrogen and oxygen atoms in total. The number of anilines is 1. The van der Waals surface area contributed by atoms with Crippen LogP contribution in [0.4, 0.5) is 5.69 Å². The van der Waals surface area contributed by atoms with E-state index in [0.717, 1.165) is 47.5 Å². The number of fused-ring (bicyclic) bond motifs is 2. The van der Waals surface area contributed by atoms with Crippen LogP contribution in [0.25, 0.3) is 11.1 Å². The number of aliphatic hydroxyl groups excluding tert-OH is 2. The fraction of sp³-hybridized carbons (Fsp3) is 0.490. The Morgan fingerprint density at radius 1 is 0.952 bits per heavy atom. The first-order chi connectivity index (χ1) is 29.8. The highest BCUT2D eigenvalue weighted by Gasteiger charge is 2.57. The van der Waals surface area contributed by atoms with E-state index in [4.69, 9.17) is 9.57 Å². The van der Waals surface area contributed by atoms with E-state index in [9.17, 15) is 19.8 Å². The van der Waals surface area contributed by atoms with E-state index >= 15 is 0 Å². The number of nitrogens with one attached hydrogen (secondary N) is 1. The van der Waals surface area contributed by atoms with Crippen LogP contribution in [0, 0.1) is 29.1 Å². The summed E-state index contributed by atoms with van der Waals surface area (Å²) in [5.74, 6) is 1.15. The molecule has 9 atom stereocenters. The summed E-state index contributed by atoms with van der Waals surface area (Å²) in [6.45, 7) is 11.3. The number of hydrogen-bond donors (Lipinski definition) is 3. The first kappa shape index (κ1) is 43.9. The Morgan fingerprint density at radius 3 is 2.32 bits per heavy atom. The molecule has 2 heterocycles. The molecular weight excluding hydrogens is 779 g/mol. The third-order valence-electron chi connectivity index (χ3n) is 14.8. The zero-order chi connectivity index (χ0) is 43.9. The summed E-state index contributed by atoms with van der Waals surface area (Å²) < 4.78 is 6.19. The summed E-state index contributed by atoms with van der Waals surface area (Å²) in [6.07, 6.45) is 0.457. The van der Waals surface area contributed by atoms with Gasteiger partial charge in [0.1, 0.15) is 17.9 Å². The van der Waals surface area contributed by atoms with Crippen molar-refractivity contribution in [3.8, 4) is 16.9 Å². The van der Waals surface area contributed by atoms with Crippen LogP contribution in [0.2, 0.25) is 0 Å². The van der Waals surface area contributed by atoms with Crippen molar-refractivity contribution in [3.63, 3.8) is 0 Å². The SMILES string of the molecule is COc1c(CN2O[C@@H](CO)[C@@H]([C@H](C)O)[C@H]2C(=O)N[C@H]2C[C@@H]3C[C@@H]([C@@H]2C)C3(C)C)cccc1-c1cc(C(=O)N2CCN(Cc3ccccc3)CC2c2ccccc2)cc(N(C)C)c1. The summed E-state index contributed by atoms with van der Waals surface area (Å²) in [5.41, 5.74) is 6.46. The average molecular weight is 844 g/mol. The molecule has 3 N–H and O–H groups in total. The van der Waals surface area contributed by atoms with Crippen LogP contribution in [0.1, 0.15) is 73.6 Å². The fourth-order valence-electron chi connectivity index (χ4n) is 11.2. The van der Waals surface area contributed by atoms with Gasteiger partial charge in [0.15, 0.2) is 0 Å². The van der Waals surface area contributed by atoms with Crippen molar-refractivity contribution in [3.05, 3.63) is 119 Å². The molecule has 2 saturated heterocycles. The van der Waals surface area contributed by atoms with Crippen LogP contribution >= 0.6 is 0 Å². The number of aliphatic hydroxyl groups is 2. The number of piperazine rings is 1. The van der Waals surface area contributed by atoms with Crippen molar-refractivity contribution >= 4 is 17.5 Å². The molecule has 3 saturated carbocycles. The largest absolute Gasteiger partial charge is 0.496 e. The Hall–Kier alpha value is -4.78. The van der Waals surface area contributed by atoms with Gasteiger partial charge in [-0.1, -0.05) is 99.6 Å². The van der Waals surface area contributed by atoms with Crippen molar-refractivity contribution in [2.75, 3.05) is 52.3 Å². The van der Waals surface area contributed by atoms with E-state index in [1.165, 1.54) is 12.0 Å². The van der Waals surface area contributed by atoms with Crippen molar-refractivity contribution < 1.29 is 29.4 Å². The Morgan fingerprint density at radius 2 is 1.68 bits per heavy atom. The Kier molecular flexibility index (Phi) is 12.8. The molecule has 3 aliphatic carbocycles. The molecule has 1 unspecified atom stereocenters. The number of methoxy groups -OCH3 is 1. The lowest BCUT2D eigenvalue weighted by atomic mass is 9.45. The predicted octanol–water partition coefficient (Wildman–Crippen LogP) is 6.79. The maximum atomic E-state index is 14.9. The third-order valence-corrected chi connectivity index (χ3v) is 14.8. The number of hydroxylamine groups is 2. The van der Waals surface area contributed by atoms with Crippen molar-refractivity contribution in [1.82, 2.24) is 20.2 Å². The van der Waals surface area contributed by atoms with E-state index < -0.39 is 24.2 Å². The van der Waals surface area contributed by atoms with Crippen LogP contribution < -0.4 is 15.0 Å². The molecule has 4 aromatic carbocycles. The normalized spacial score (nSPS) is 27.6. The second kappa shape index (κ2) is 18.1. The minimum atomic E-state index is -0.907. The molecule has 11 heteroatoms. The molecule has 2 aliphatic heterocycles. The Balaban J connectivity index is 1.08. The molecular formula is C51H65N5O6. The Labute approximate surface area is 367 Å². The maximum absolute atomic E-state index is 14.9. The molecule has 62 heavy (non-hydrogen) atoms. The van der Waals surface area contributed by atoms with E-state index in [1.807, 2.05) is 78.5 Å². The van der Waals surface area contributed by atoms with E-state index in [-0.39, 0.29) is 42.5 Å². The van der Waals surface area contributed by atoms with Crippen LogP contribution in [-0.4, -0.2) is 109 Å². The maximum Gasteiger partial charge on any atom is 0.254 e. The lowest BCUT2D eigenvalue weighted by Gasteiger charge is -2.62. The van der Waals surface area contributed by atoms with Gasteiger partial charge in [-0.3, -0.25) is 19.3 Å². The number of para-hydroxylation sites is 1. The molecule has 4 aromatic rings. The molecule has 5 fully saturated rings. The smallest absolute Gasteiger partial charge is 0.254 e. The van der Waals surface area contributed by atoms with Gasteiger partial charge in [-0.15, -0.1) is 0 Å². The van der Waals surface area contributed by atoms with E-state index in [0.29, 0.717) is 42.2 Å². The lowest BCUT2D eigenvalue weighted by Crippen LogP contribution is -2.62. The summed E-state index contributed by atoms with van der Waals surface area (Å²) in [6, 6.07) is 31.7. The zero-order valence-corrected chi connectivity index (χ0v) is 37.4. The first-order valence-corrected chi connectivity index (χ1v) is 22.4. The average Bonchev–Trinajstić information content (AvgIpc) is 3.65. The Bertz CT molecular complexity index is 2200. The topological polar surface area (TPSA) is 118 Å². The summed E-state index contributed by atoms with van der Waals surface area (Å²) in [4.78, 5) is 42.1. The highest BCUT2D eigenvalue weighted by atomic mass is 16.7. The number of carbonyl (C=O) groups excluding carboxylic acids is 2. The summed E-state index contributed by atoms with van der Waals surface area (Å²) >= 11 is 0. The summed E-state index contributed by atoms with van der Waals surface area (Å²) in [7, 11) is 5.57. The quantitative estimate of drug-likeness (QED) is 0.134. The van der Waals surface area contributed by atoms with Gasteiger partial charge in [0.25, 0.3) is 5.91 Å². The van der Waals surface area contributed by atoms with Crippen molar-refractivity contribution in [2.45, 2.75) is 84.0 Å². The molecule has 5 aliphatic rings. The molecule has 9 rings (SSSR count). The standard InChI is InChI=1S/C51H65N5O6/c1-32-42-26-39(51(42,3)4)27-43(32)52-49(59)47-46(33(2)58)45(31-57)62-56(47)29-36-19-14-20-41(48(36)61-7)37-23-38(25-40(24-37)53(5)6)50(60)55-22-21-54(28-34-15-10-8-11-16-34)30-44(55)35-17-12-9-13-18-35/h8-20,23-25,32-33,39,42-47,57-58H,21-22,26-31H2,1-7H3,(H,52,59)/t32-,33-,39-,42-,43-,44?,45-,46+,47-/m0/s1. The number of ether oxygens (including phenoxy) is 1. The van der Waals surface area contributed by atoms with Gasteiger partial charge in [-0.2, -0.15) is 5.06 Å². The zero-order valence-electron chi connectivity index (χ0n) is 37.4. The molecule has 2 amide bonds. The number of amides is 2. The molecule has 0 aromatic heterocycles. The van der Waals surface area contributed by atoms with Crippen LogP contribution in [-0.2, 0) is 22.7 Å². The first-order valence-electron chi connectivity index (χ1n) is 22.4. The minimum absolute atomic E-state index is 0.0313. The van der Waals surface area contributed by atoms with E-state index in [2.05, 4.69) is 73.5 Å². The number of benzene rings is 4. The fourth-order valence-corrected chi connectivity index (χ4v) is 11.2. The molecule has 330 valence electrons. The number of nitrogens with zero attached hydrogens (tertiary/aromatic N) is 4. The van der Waals surface area contributed by atoms with Crippen molar-refractivity contribution in [2.24, 2.45) is 29.1 Å². The highest BCUT2D eigenvalue weighted by molar-refractivity contribution is 5.97. The second-order valence-electron chi connectivity index (χ2n) is 19.0. The van der Waals surface area contributed by atoms with Gasteiger partial charge in [0.2, 0.25) is 5.91 Å². The number of hydrogen-bond acceptors (Lipinski definition) is 9. The van der Waals surface area contributed by atoms with Crippen molar-refractivity contribution in [1.29, 1.82) is 0 Å². The van der Waals surface area contributed by atoms with Gasteiger partial charge < -0.3 is 30.1 Å². The molecule has 0 spiro atoms. The van der Waals surface area contributed by atoms with Gasteiger partial charge in [-0.05, 0) is 77.8 Å². The lowest BCUT2D eigenvalue weighted by molar-refractivity contribution is -0.183. The van der Waals surface area contributed by atoms with E-state index in [1.54, 1.807) is 19.1 Å². The van der Waals surface area contributed by atoms with Gasteiger partial charge in [-0.25, -0.2) is 0 Å². The van der Waals surface area contributed by atoms with Gasteiger partial charge in [0.05, 0.1) is 32.4 Å². The van der Waals surface area contributed by atoms with Crippen LogP contribution in [0.5, 0.6) is 5.75 Å². The second-order valence-corrected chi connectivity index (χ2v) is 19.0.